The molecule has 2 aromatic heterocycles. The first kappa shape index (κ1) is 19.3. The summed E-state index contributed by atoms with van der Waals surface area (Å²) in [5, 5.41) is 1.00. The Bertz CT molecular complexity index is 1010. The maximum Gasteiger partial charge on any atom is 0.263 e. The van der Waals surface area contributed by atoms with Gasteiger partial charge in [-0.2, -0.15) is 0 Å². The molecule has 1 aliphatic rings. The molecule has 0 N–H and O–H groups in total. The summed E-state index contributed by atoms with van der Waals surface area (Å²) < 4.78 is 19.7. The highest BCUT2D eigenvalue weighted by atomic mass is 19.1. The van der Waals surface area contributed by atoms with Gasteiger partial charge in [-0.1, -0.05) is 19.1 Å². The van der Waals surface area contributed by atoms with Crippen molar-refractivity contribution in [3.63, 3.8) is 0 Å². The molecule has 0 radical (unpaired) electrons. The van der Waals surface area contributed by atoms with E-state index >= 15 is 0 Å². The number of ether oxygens (including phenoxy) is 1. The largest absolute Gasteiger partial charge is 0.478 e. The van der Waals surface area contributed by atoms with E-state index in [2.05, 4.69) is 9.97 Å². The molecule has 1 amide bonds. The first-order chi connectivity index (χ1) is 14.2. The molecule has 0 saturated carbocycles. The zero-order valence-corrected chi connectivity index (χ0v) is 16.4. The first-order valence-corrected chi connectivity index (χ1v) is 10.1. The summed E-state index contributed by atoms with van der Waals surface area (Å²) in [7, 11) is 0. The number of fused-ring (bicyclic) bond motifs is 1. The molecule has 4 rings (SSSR count). The minimum absolute atomic E-state index is 0.0978. The topological polar surface area (TPSA) is 55.3 Å². The number of carbonyl (C=O) groups excluding carboxylic acids is 1. The van der Waals surface area contributed by atoms with Crippen molar-refractivity contribution < 1.29 is 13.9 Å². The van der Waals surface area contributed by atoms with Crippen molar-refractivity contribution in [2.75, 3.05) is 13.1 Å². The van der Waals surface area contributed by atoms with Crippen LogP contribution in [0.5, 0.6) is 5.75 Å². The zero-order valence-electron chi connectivity index (χ0n) is 16.4. The predicted octanol–water partition coefficient (Wildman–Crippen LogP) is 4.33. The standard InChI is InChI=1S/C23H24FN3O2/c1-2-21(29-22-10-4-3-9-18(22)24)23(28)27-12-6-8-17(15-27)20-13-19-16(14-26-20)7-5-11-25-19/h3-5,7,9-11,13-14,17,21H,2,6,8,12,15H2,1H3/t17-,21-/m1/s1. The average molecular weight is 393 g/mol. The van der Waals surface area contributed by atoms with Crippen LogP contribution in [-0.2, 0) is 4.79 Å². The van der Waals surface area contributed by atoms with Crippen LogP contribution in [-0.4, -0.2) is 40.0 Å². The molecular weight excluding hydrogens is 369 g/mol. The Hall–Kier alpha value is -3.02. The van der Waals surface area contributed by atoms with E-state index in [1.165, 1.54) is 6.07 Å². The minimum atomic E-state index is -0.697. The summed E-state index contributed by atoms with van der Waals surface area (Å²) in [5.41, 5.74) is 1.87. The number of halogens is 1. The average Bonchev–Trinajstić information content (AvgIpc) is 2.78. The number of nitrogens with zero attached hydrogens (tertiary/aromatic N) is 3. The molecule has 1 aliphatic heterocycles. The molecule has 0 aliphatic carbocycles. The normalized spacial score (nSPS) is 17.9. The number of rotatable bonds is 5. The second kappa shape index (κ2) is 8.55. The summed E-state index contributed by atoms with van der Waals surface area (Å²) in [5.74, 6) is -0.281. The van der Waals surface area contributed by atoms with Crippen molar-refractivity contribution in [2.24, 2.45) is 0 Å². The number of para-hydroxylation sites is 1. The zero-order chi connectivity index (χ0) is 20.2. The molecular formula is C23H24FN3O2. The van der Waals surface area contributed by atoms with E-state index in [-0.39, 0.29) is 17.6 Å². The Morgan fingerprint density at radius 1 is 1.28 bits per heavy atom. The maximum atomic E-state index is 13.9. The lowest BCUT2D eigenvalue weighted by atomic mass is 9.93. The van der Waals surface area contributed by atoms with Crippen molar-refractivity contribution in [3.05, 3.63) is 66.4 Å². The number of likely N-dealkylation sites (tertiary alicyclic amines) is 1. The SMILES string of the molecule is CC[C@@H](Oc1ccccc1F)C(=O)N1CCC[C@@H](c2cc3ncccc3cn2)C1. The summed E-state index contributed by atoms with van der Waals surface area (Å²) in [6.07, 6.45) is 5.27. The Labute approximate surface area is 169 Å². The van der Waals surface area contributed by atoms with E-state index in [0.717, 1.165) is 29.4 Å². The summed E-state index contributed by atoms with van der Waals surface area (Å²) in [4.78, 5) is 23.9. The van der Waals surface area contributed by atoms with Crippen molar-refractivity contribution in [1.82, 2.24) is 14.9 Å². The highest BCUT2D eigenvalue weighted by molar-refractivity contribution is 5.81. The van der Waals surface area contributed by atoms with Crippen LogP contribution >= 0.6 is 0 Å². The monoisotopic (exact) mass is 393 g/mol. The van der Waals surface area contributed by atoms with Gasteiger partial charge in [0, 0.05) is 42.5 Å². The lowest BCUT2D eigenvalue weighted by Crippen LogP contribution is -2.46. The van der Waals surface area contributed by atoms with Gasteiger partial charge in [0.2, 0.25) is 0 Å². The molecule has 0 bridgehead atoms. The molecule has 0 spiro atoms. The number of benzene rings is 1. The van der Waals surface area contributed by atoms with Gasteiger partial charge in [-0.15, -0.1) is 0 Å². The fourth-order valence-corrected chi connectivity index (χ4v) is 3.83. The maximum absolute atomic E-state index is 13.9. The second-order valence-corrected chi connectivity index (χ2v) is 7.37. The molecule has 3 heterocycles. The molecule has 1 fully saturated rings. The number of piperidine rings is 1. The minimum Gasteiger partial charge on any atom is -0.478 e. The van der Waals surface area contributed by atoms with Gasteiger partial charge in [0.15, 0.2) is 17.7 Å². The van der Waals surface area contributed by atoms with Crippen LogP contribution in [0.25, 0.3) is 10.9 Å². The molecule has 2 atom stereocenters. The number of aromatic nitrogens is 2. The molecule has 1 aromatic carbocycles. The fourth-order valence-electron chi connectivity index (χ4n) is 3.83. The van der Waals surface area contributed by atoms with Crippen LogP contribution in [0.3, 0.4) is 0 Å². The molecule has 5 nitrogen and oxygen atoms in total. The van der Waals surface area contributed by atoms with Crippen LogP contribution < -0.4 is 4.74 Å². The Kier molecular flexibility index (Phi) is 5.69. The summed E-state index contributed by atoms with van der Waals surface area (Å²) in [6.45, 7) is 3.14. The number of hydrogen-bond acceptors (Lipinski definition) is 4. The molecule has 0 unspecified atom stereocenters. The van der Waals surface area contributed by atoms with Crippen molar-refractivity contribution >= 4 is 16.8 Å². The van der Waals surface area contributed by atoms with Crippen molar-refractivity contribution in [1.29, 1.82) is 0 Å². The van der Waals surface area contributed by atoms with Crippen LogP contribution in [0.1, 0.15) is 37.8 Å². The van der Waals surface area contributed by atoms with Gasteiger partial charge in [0.1, 0.15) is 0 Å². The third kappa shape index (κ3) is 4.21. The van der Waals surface area contributed by atoms with E-state index in [4.69, 9.17) is 4.74 Å². The van der Waals surface area contributed by atoms with Crippen LogP contribution in [0.15, 0.2) is 54.9 Å². The van der Waals surface area contributed by atoms with Gasteiger partial charge < -0.3 is 9.64 Å². The van der Waals surface area contributed by atoms with E-state index < -0.39 is 11.9 Å². The molecule has 6 heteroatoms. The van der Waals surface area contributed by atoms with Crippen molar-refractivity contribution in [3.8, 4) is 5.75 Å². The summed E-state index contributed by atoms with van der Waals surface area (Å²) >= 11 is 0. The number of carbonyl (C=O) groups is 1. The smallest absolute Gasteiger partial charge is 0.263 e. The number of pyridine rings is 2. The fraction of sp³-hybridized carbons (Fsp3) is 0.348. The van der Waals surface area contributed by atoms with Crippen LogP contribution in [0.4, 0.5) is 4.39 Å². The van der Waals surface area contributed by atoms with Gasteiger partial charge in [0.05, 0.1) is 5.52 Å². The van der Waals surface area contributed by atoms with Gasteiger partial charge in [0.25, 0.3) is 5.91 Å². The second-order valence-electron chi connectivity index (χ2n) is 7.37. The number of amides is 1. The third-order valence-corrected chi connectivity index (χ3v) is 5.41. The lowest BCUT2D eigenvalue weighted by molar-refractivity contribution is -0.140. The van der Waals surface area contributed by atoms with E-state index in [0.29, 0.717) is 19.5 Å². The predicted molar refractivity (Wildman–Crippen MR) is 109 cm³/mol. The molecule has 29 heavy (non-hydrogen) atoms. The van der Waals surface area contributed by atoms with Gasteiger partial charge in [-0.3, -0.25) is 14.8 Å². The third-order valence-electron chi connectivity index (χ3n) is 5.41. The Morgan fingerprint density at radius 2 is 2.14 bits per heavy atom. The van der Waals surface area contributed by atoms with Crippen LogP contribution in [0.2, 0.25) is 0 Å². The molecule has 3 aromatic rings. The Morgan fingerprint density at radius 3 is 2.97 bits per heavy atom. The highest BCUT2D eigenvalue weighted by Crippen LogP contribution is 2.28. The van der Waals surface area contributed by atoms with E-state index in [1.807, 2.05) is 36.2 Å². The van der Waals surface area contributed by atoms with Gasteiger partial charge in [-0.25, -0.2) is 4.39 Å². The molecule has 1 saturated heterocycles. The van der Waals surface area contributed by atoms with Gasteiger partial charge >= 0.3 is 0 Å². The molecule has 150 valence electrons. The van der Waals surface area contributed by atoms with E-state index in [1.54, 1.807) is 24.4 Å². The number of hydrogen-bond donors (Lipinski definition) is 0. The highest BCUT2D eigenvalue weighted by Gasteiger charge is 2.31. The lowest BCUT2D eigenvalue weighted by Gasteiger charge is -2.34. The van der Waals surface area contributed by atoms with Gasteiger partial charge in [-0.05, 0) is 49.6 Å². The van der Waals surface area contributed by atoms with Crippen molar-refractivity contribution in [2.45, 2.75) is 38.2 Å². The first-order valence-electron chi connectivity index (χ1n) is 10.1. The summed E-state index contributed by atoms with van der Waals surface area (Å²) in [6, 6.07) is 12.1. The van der Waals surface area contributed by atoms with E-state index in [9.17, 15) is 9.18 Å². The quantitative estimate of drug-likeness (QED) is 0.647. The Balaban J connectivity index is 1.49. The van der Waals surface area contributed by atoms with Crippen LogP contribution in [0, 0.1) is 5.82 Å².